The molecule has 0 spiro atoms. The summed E-state index contributed by atoms with van der Waals surface area (Å²) in [5.74, 6) is 0.146. The number of rotatable bonds is 3. The molecule has 0 bridgehead atoms. The Bertz CT molecular complexity index is 939. The largest absolute Gasteiger partial charge is 0.444 e. The average Bonchev–Trinajstić information content (AvgIpc) is 3.39. The highest BCUT2D eigenvalue weighted by Crippen LogP contribution is 2.18. The van der Waals surface area contributed by atoms with Crippen LogP contribution in [0.2, 0.25) is 0 Å². The summed E-state index contributed by atoms with van der Waals surface area (Å²) in [7, 11) is 0. The van der Waals surface area contributed by atoms with E-state index in [0.717, 1.165) is 5.69 Å². The van der Waals surface area contributed by atoms with E-state index in [9.17, 15) is 9.59 Å². The molecular weight excluding hydrogens is 410 g/mol. The predicted molar refractivity (Wildman–Crippen MR) is 104 cm³/mol. The topological polar surface area (TPSA) is 58.7 Å². The maximum atomic E-state index is 12.7. The molecule has 27 heavy (non-hydrogen) atoms. The zero-order chi connectivity index (χ0) is 18.8. The molecule has 1 aliphatic heterocycles. The number of halogens is 1. The van der Waals surface area contributed by atoms with E-state index >= 15 is 0 Å². The first-order valence-electron chi connectivity index (χ1n) is 8.69. The summed E-state index contributed by atoms with van der Waals surface area (Å²) in [6.07, 6.45) is 3.93. The number of benzene rings is 1. The molecule has 0 unspecified atom stereocenters. The van der Waals surface area contributed by atoms with Crippen molar-refractivity contribution in [3.05, 3.63) is 76.9 Å². The SMILES string of the molecule is O=C(c1ccc(-n2cccc2)cc1)N1CCN(C(=O)c2ccc(Br)o2)CC1. The number of piperazine rings is 1. The van der Waals surface area contributed by atoms with Crippen molar-refractivity contribution in [2.24, 2.45) is 0 Å². The zero-order valence-corrected chi connectivity index (χ0v) is 16.1. The third-order valence-corrected chi connectivity index (χ3v) is 5.08. The second-order valence-electron chi connectivity index (χ2n) is 6.33. The molecule has 1 aromatic carbocycles. The minimum absolute atomic E-state index is 0.0121. The van der Waals surface area contributed by atoms with Crippen LogP contribution in [0.3, 0.4) is 0 Å². The number of hydrogen-bond donors (Lipinski definition) is 0. The van der Waals surface area contributed by atoms with Gasteiger partial charge in [-0.2, -0.15) is 0 Å². The molecule has 3 heterocycles. The van der Waals surface area contributed by atoms with Gasteiger partial charge in [-0.1, -0.05) is 0 Å². The number of hydrogen-bond acceptors (Lipinski definition) is 3. The summed E-state index contributed by atoms with van der Waals surface area (Å²) in [5.41, 5.74) is 1.66. The van der Waals surface area contributed by atoms with E-state index in [2.05, 4.69) is 15.9 Å². The van der Waals surface area contributed by atoms with Gasteiger partial charge in [0.15, 0.2) is 10.4 Å². The lowest BCUT2D eigenvalue weighted by Crippen LogP contribution is -2.50. The highest BCUT2D eigenvalue weighted by atomic mass is 79.9. The lowest BCUT2D eigenvalue weighted by Gasteiger charge is -2.34. The van der Waals surface area contributed by atoms with Crippen LogP contribution < -0.4 is 0 Å². The van der Waals surface area contributed by atoms with Gasteiger partial charge in [-0.25, -0.2) is 0 Å². The summed E-state index contributed by atoms with van der Waals surface area (Å²) in [4.78, 5) is 28.7. The lowest BCUT2D eigenvalue weighted by atomic mass is 10.1. The summed E-state index contributed by atoms with van der Waals surface area (Å²) < 4.78 is 7.85. The van der Waals surface area contributed by atoms with Crippen LogP contribution in [0.1, 0.15) is 20.9 Å². The van der Waals surface area contributed by atoms with Gasteiger partial charge in [-0.05, 0) is 64.5 Å². The number of carbonyl (C=O) groups is 2. The van der Waals surface area contributed by atoms with E-state index in [1.165, 1.54) is 0 Å². The second-order valence-corrected chi connectivity index (χ2v) is 7.11. The molecule has 0 saturated carbocycles. The third kappa shape index (κ3) is 3.68. The van der Waals surface area contributed by atoms with Gasteiger partial charge >= 0.3 is 0 Å². The van der Waals surface area contributed by atoms with Gasteiger partial charge in [-0.3, -0.25) is 9.59 Å². The number of carbonyl (C=O) groups excluding carboxylic acids is 2. The fourth-order valence-electron chi connectivity index (χ4n) is 3.16. The van der Waals surface area contributed by atoms with Crippen LogP contribution in [0.15, 0.2) is 70.0 Å². The summed E-state index contributed by atoms with van der Waals surface area (Å²) in [6, 6.07) is 14.8. The molecule has 2 aromatic heterocycles. The first kappa shape index (κ1) is 17.6. The Labute approximate surface area is 165 Å². The fourth-order valence-corrected chi connectivity index (χ4v) is 3.47. The molecule has 0 aliphatic carbocycles. The standard InChI is InChI=1S/C20H18BrN3O3/c21-18-8-7-17(27-18)20(26)24-13-11-23(12-14-24)19(25)15-3-5-16(6-4-15)22-9-1-2-10-22/h1-10H,11-14H2. The maximum absolute atomic E-state index is 12.7. The number of aromatic nitrogens is 1. The molecule has 138 valence electrons. The molecule has 4 rings (SSSR count). The third-order valence-electron chi connectivity index (χ3n) is 4.65. The first-order chi connectivity index (χ1) is 13.1. The first-order valence-corrected chi connectivity index (χ1v) is 9.48. The van der Waals surface area contributed by atoms with Gasteiger partial charge in [0, 0.05) is 49.8 Å². The van der Waals surface area contributed by atoms with Crippen molar-refractivity contribution in [3.63, 3.8) is 0 Å². The van der Waals surface area contributed by atoms with Crippen molar-refractivity contribution < 1.29 is 14.0 Å². The van der Waals surface area contributed by atoms with Crippen LogP contribution in [0.25, 0.3) is 5.69 Å². The Morgan fingerprint density at radius 3 is 1.96 bits per heavy atom. The molecule has 0 atom stereocenters. The summed E-state index contributed by atoms with van der Waals surface area (Å²) >= 11 is 3.20. The summed E-state index contributed by atoms with van der Waals surface area (Å²) in [6.45, 7) is 1.99. The Balaban J connectivity index is 1.38. The van der Waals surface area contributed by atoms with Crippen molar-refractivity contribution in [1.29, 1.82) is 0 Å². The van der Waals surface area contributed by atoms with E-state index in [4.69, 9.17) is 4.42 Å². The van der Waals surface area contributed by atoms with E-state index in [0.29, 0.717) is 42.2 Å². The number of amides is 2. The van der Waals surface area contributed by atoms with E-state index in [1.807, 2.05) is 53.4 Å². The van der Waals surface area contributed by atoms with Gasteiger partial charge < -0.3 is 18.8 Å². The molecule has 1 fully saturated rings. The van der Waals surface area contributed by atoms with E-state index < -0.39 is 0 Å². The molecular formula is C20H18BrN3O3. The average molecular weight is 428 g/mol. The minimum atomic E-state index is -0.149. The smallest absolute Gasteiger partial charge is 0.289 e. The van der Waals surface area contributed by atoms with Gasteiger partial charge in [0.2, 0.25) is 0 Å². The van der Waals surface area contributed by atoms with Crippen LogP contribution in [-0.2, 0) is 0 Å². The second kappa shape index (κ2) is 7.44. The normalized spacial score (nSPS) is 14.4. The van der Waals surface area contributed by atoms with Crippen LogP contribution in [0.4, 0.5) is 0 Å². The minimum Gasteiger partial charge on any atom is -0.444 e. The molecule has 0 radical (unpaired) electrons. The Hall–Kier alpha value is -2.80. The van der Waals surface area contributed by atoms with Gasteiger partial charge in [0.05, 0.1) is 0 Å². The van der Waals surface area contributed by atoms with Crippen molar-refractivity contribution in [1.82, 2.24) is 14.4 Å². The van der Waals surface area contributed by atoms with Crippen LogP contribution >= 0.6 is 15.9 Å². The molecule has 0 N–H and O–H groups in total. The van der Waals surface area contributed by atoms with E-state index in [1.54, 1.807) is 21.9 Å². The molecule has 2 amide bonds. The highest BCUT2D eigenvalue weighted by molar-refractivity contribution is 9.10. The fraction of sp³-hybridized carbons (Fsp3) is 0.200. The van der Waals surface area contributed by atoms with Gasteiger partial charge in [0.1, 0.15) is 0 Å². The monoisotopic (exact) mass is 427 g/mol. The lowest BCUT2D eigenvalue weighted by molar-refractivity contribution is 0.0517. The molecule has 1 saturated heterocycles. The van der Waals surface area contributed by atoms with Crippen molar-refractivity contribution >= 4 is 27.7 Å². The molecule has 1 aliphatic rings. The Kier molecular flexibility index (Phi) is 4.85. The molecule has 7 heteroatoms. The van der Waals surface area contributed by atoms with Crippen molar-refractivity contribution in [2.75, 3.05) is 26.2 Å². The summed E-state index contributed by atoms with van der Waals surface area (Å²) in [5, 5.41) is 0. The van der Waals surface area contributed by atoms with Crippen LogP contribution in [-0.4, -0.2) is 52.4 Å². The Morgan fingerprint density at radius 2 is 1.41 bits per heavy atom. The molecule has 3 aromatic rings. The van der Waals surface area contributed by atoms with Gasteiger partial charge in [0.25, 0.3) is 11.8 Å². The quantitative estimate of drug-likeness (QED) is 0.643. The van der Waals surface area contributed by atoms with E-state index in [-0.39, 0.29) is 11.8 Å². The predicted octanol–water partition coefficient (Wildman–Crippen LogP) is 3.43. The maximum Gasteiger partial charge on any atom is 0.289 e. The van der Waals surface area contributed by atoms with Crippen LogP contribution in [0, 0.1) is 0 Å². The van der Waals surface area contributed by atoms with Gasteiger partial charge in [-0.15, -0.1) is 0 Å². The number of nitrogens with zero attached hydrogens (tertiary/aromatic N) is 3. The zero-order valence-electron chi connectivity index (χ0n) is 14.5. The number of furan rings is 1. The highest BCUT2D eigenvalue weighted by Gasteiger charge is 2.26. The Morgan fingerprint density at radius 1 is 0.815 bits per heavy atom. The van der Waals surface area contributed by atoms with Crippen molar-refractivity contribution in [2.45, 2.75) is 0 Å². The molecule has 6 nitrogen and oxygen atoms in total. The van der Waals surface area contributed by atoms with Crippen LogP contribution in [0.5, 0.6) is 0 Å². The van der Waals surface area contributed by atoms with Crippen molar-refractivity contribution in [3.8, 4) is 5.69 Å².